The molecule has 5 rings (SSSR count). The number of thioether (sulfide) groups is 1. The molecule has 1 unspecified atom stereocenters. The summed E-state index contributed by atoms with van der Waals surface area (Å²) in [5.74, 6) is -0.309. The van der Waals surface area contributed by atoms with Crippen LogP contribution in [0.1, 0.15) is 22.2 Å². The van der Waals surface area contributed by atoms with E-state index in [9.17, 15) is 14.4 Å². The van der Waals surface area contributed by atoms with Gasteiger partial charge in [-0.3, -0.25) is 14.4 Å². The maximum Gasteiger partial charge on any atom is 0.272 e. The number of hydrogen-bond acceptors (Lipinski definition) is 8. The summed E-state index contributed by atoms with van der Waals surface area (Å²) in [6, 6.07) is 25.2. The van der Waals surface area contributed by atoms with Gasteiger partial charge in [0.1, 0.15) is 11.4 Å². The Kier molecular flexibility index (Phi) is 9.32. The van der Waals surface area contributed by atoms with E-state index >= 15 is 0 Å². The molecule has 0 aliphatic carbocycles. The van der Waals surface area contributed by atoms with E-state index in [-0.39, 0.29) is 17.5 Å². The number of fused-ring (bicyclic) bond motifs is 1. The highest BCUT2D eigenvalue weighted by Crippen LogP contribution is 2.31. The topological polar surface area (TPSA) is 109 Å². The minimum absolute atomic E-state index is 0.116. The van der Waals surface area contributed by atoms with Crippen molar-refractivity contribution in [1.82, 2.24) is 10.3 Å². The zero-order valence-corrected chi connectivity index (χ0v) is 25.1. The summed E-state index contributed by atoms with van der Waals surface area (Å²) >= 11 is 4.19. The van der Waals surface area contributed by atoms with Gasteiger partial charge in [0.2, 0.25) is 5.91 Å². The van der Waals surface area contributed by atoms with Crippen LogP contribution in [0.3, 0.4) is 0 Å². The van der Waals surface area contributed by atoms with E-state index in [0.717, 1.165) is 25.7 Å². The number of carbonyl (C=O) groups is 3. The standard InChI is InChI=1S/C31H26N4O4S3/c1-19(28(36)35-31-34-25-14-13-22(39-2)17-27(25)42-31)41-24-11-6-10-21(16-24)32-30(38)26(18-23-12-7-15-40-23)33-29(37)20-8-4-3-5-9-20/h3-19H,1-2H3,(H,32,38)(H,33,37)(H,34,35,36)/b26-18-. The highest BCUT2D eigenvalue weighted by atomic mass is 32.2. The van der Waals surface area contributed by atoms with Crippen LogP contribution < -0.4 is 20.7 Å². The van der Waals surface area contributed by atoms with Gasteiger partial charge in [-0.15, -0.1) is 23.1 Å². The molecule has 0 saturated carbocycles. The van der Waals surface area contributed by atoms with Crippen LogP contribution in [0.25, 0.3) is 16.3 Å². The van der Waals surface area contributed by atoms with Crippen molar-refractivity contribution >= 4 is 79.3 Å². The van der Waals surface area contributed by atoms with Crippen LogP contribution in [0.5, 0.6) is 5.75 Å². The van der Waals surface area contributed by atoms with Crippen LogP contribution in [-0.2, 0) is 9.59 Å². The van der Waals surface area contributed by atoms with Crippen molar-refractivity contribution in [3.63, 3.8) is 0 Å². The quantitative estimate of drug-likeness (QED) is 0.117. The van der Waals surface area contributed by atoms with Crippen LogP contribution in [0.4, 0.5) is 10.8 Å². The molecule has 5 aromatic rings. The number of carbonyl (C=O) groups excluding carboxylic acids is 3. The Morgan fingerprint density at radius 1 is 0.952 bits per heavy atom. The molecule has 0 aliphatic rings. The fourth-order valence-corrected chi connectivity index (χ4v) is 6.33. The number of anilines is 2. The lowest BCUT2D eigenvalue weighted by atomic mass is 10.2. The molecule has 3 amide bonds. The number of hydrogen-bond donors (Lipinski definition) is 3. The van der Waals surface area contributed by atoms with E-state index in [4.69, 9.17) is 4.74 Å². The van der Waals surface area contributed by atoms with Crippen molar-refractivity contribution in [2.24, 2.45) is 0 Å². The van der Waals surface area contributed by atoms with Crippen molar-refractivity contribution in [1.29, 1.82) is 0 Å². The summed E-state index contributed by atoms with van der Waals surface area (Å²) in [4.78, 5) is 45.1. The number of thiazole rings is 1. The van der Waals surface area contributed by atoms with E-state index < -0.39 is 11.2 Å². The molecule has 11 heteroatoms. The van der Waals surface area contributed by atoms with Gasteiger partial charge in [-0.1, -0.05) is 41.7 Å². The van der Waals surface area contributed by atoms with E-state index in [2.05, 4.69) is 20.9 Å². The first kappa shape index (κ1) is 29.1. The van der Waals surface area contributed by atoms with Crippen LogP contribution in [0.2, 0.25) is 0 Å². The number of nitrogens with zero attached hydrogens (tertiary/aromatic N) is 1. The molecular weight excluding hydrogens is 589 g/mol. The molecule has 1 atom stereocenters. The third kappa shape index (κ3) is 7.43. The van der Waals surface area contributed by atoms with Crippen LogP contribution in [0, 0.1) is 0 Å². The number of rotatable bonds is 10. The largest absolute Gasteiger partial charge is 0.497 e. The average molecular weight is 615 g/mol. The van der Waals surface area contributed by atoms with Gasteiger partial charge in [-0.05, 0) is 73.0 Å². The minimum Gasteiger partial charge on any atom is -0.497 e. The molecule has 0 aliphatic heterocycles. The first-order chi connectivity index (χ1) is 20.4. The molecular formula is C31H26N4O4S3. The highest BCUT2D eigenvalue weighted by molar-refractivity contribution is 8.00. The smallest absolute Gasteiger partial charge is 0.272 e. The SMILES string of the molecule is COc1ccc2nc(NC(=O)C(C)Sc3cccc(NC(=O)/C(=C/c4cccs4)NC(=O)c4ccccc4)c3)sc2c1. The molecule has 0 saturated heterocycles. The fraction of sp³-hybridized carbons (Fsp3) is 0.0968. The Hall–Kier alpha value is -4.45. The summed E-state index contributed by atoms with van der Waals surface area (Å²) < 4.78 is 6.18. The summed E-state index contributed by atoms with van der Waals surface area (Å²) in [7, 11) is 1.61. The molecule has 3 aromatic carbocycles. The molecule has 0 radical (unpaired) electrons. The summed E-state index contributed by atoms with van der Waals surface area (Å²) in [6.07, 6.45) is 1.64. The molecule has 0 bridgehead atoms. The molecule has 0 spiro atoms. The second-order valence-electron chi connectivity index (χ2n) is 8.98. The lowest BCUT2D eigenvalue weighted by Crippen LogP contribution is -2.30. The van der Waals surface area contributed by atoms with Crippen molar-refractivity contribution in [3.05, 3.63) is 106 Å². The predicted molar refractivity (Wildman–Crippen MR) is 171 cm³/mol. The van der Waals surface area contributed by atoms with Crippen LogP contribution in [0.15, 0.2) is 101 Å². The fourth-order valence-electron chi connectivity index (χ4n) is 3.85. The molecule has 2 aromatic heterocycles. The number of thiophene rings is 1. The van der Waals surface area contributed by atoms with Gasteiger partial charge in [-0.2, -0.15) is 0 Å². The molecule has 2 heterocycles. The summed E-state index contributed by atoms with van der Waals surface area (Å²) in [5, 5.41) is 10.5. The number of methoxy groups -OCH3 is 1. The molecule has 8 nitrogen and oxygen atoms in total. The Morgan fingerprint density at radius 2 is 1.79 bits per heavy atom. The first-order valence-electron chi connectivity index (χ1n) is 12.8. The summed E-state index contributed by atoms with van der Waals surface area (Å²) in [6.45, 7) is 1.81. The van der Waals surface area contributed by atoms with Gasteiger partial charge in [0, 0.05) is 21.0 Å². The Morgan fingerprint density at radius 3 is 2.55 bits per heavy atom. The molecule has 0 fully saturated rings. The monoisotopic (exact) mass is 614 g/mol. The number of benzene rings is 3. The zero-order chi connectivity index (χ0) is 29.5. The van der Waals surface area contributed by atoms with Gasteiger partial charge in [-0.25, -0.2) is 4.98 Å². The number of ether oxygens (including phenoxy) is 1. The van der Waals surface area contributed by atoms with Gasteiger partial charge in [0.25, 0.3) is 11.8 Å². The van der Waals surface area contributed by atoms with Crippen LogP contribution >= 0.6 is 34.4 Å². The lowest BCUT2D eigenvalue weighted by Gasteiger charge is -2.13. The number of amides is 3. The normalized spacial score (nSPS) is 12.0. The van der Waals surface area contributed by atoms with E-state index in [1.165, 1.54) is 34.4 Å². The van der Waals surface area contributed by atoms with Gasteiger partial charge in [0.15, 0.2) is 5.13 Å². The maximum atomic E-state index is 13.3. The Bertz CT molecular complexity index is 1750. The van der Waals surface area contributed by atoms with Gasteiger partial charge >= 0.3 is 0 Å². The molecule has 3 N–H and O–H groups in total. The second-order valence-corrected chi connectivity index (χ2v) is 12.4. The number of nitrogens with one attached hydrogen (secondary N) is 3. The van der Waals surface area contributed by atoms with Gasteiger partial charge < -0.3 is 20.7 Å². The third-order valence-electron chi connectivity index (χ3n) is 5.96. The predicted octanol–water partition coefficient (Wildman–Crippen LogP) is 6.90. The third-order valence-corrected chi connectivity index (χ3v) is 8.80. The average Bonchev–Trinajstić information content (AvgIpc) is 3.66. The molecule has 212 valence electrons. The minimum atomic E-state index is -0.465. The van der Waals surface area contributed by atoms with Crippen LogP contribution in [-0.4, -0.2) is 35.1 Å². The maximum absolute atomic E-state index is 13.3. The van der Waals surface area contributed by atoms with E-state index in [0.29, 0.717) is 16.4 Å². The number of aromatic nitrogens is 1. The zero-order valence-electron chi connectivity index (χ0n) is 22.6. The highest BCUT2D eigenvalue weighted by Gasteiger charge is 2.18. The van der Waals surface area contributed by atoms with Crippen molar-refractivity contribution < 1.29 is 19.1 Å². The van der Waals surface area contributed by atoms with E-state index in [1.807, 2.05) is 54.8 Å². The van der Waals surface area contributed by atoms with Crippen molar-refractivity contribution in [2.45, 2.75) is 17.1 Å². The van der Waals surface area contributed by atoms with Crippen molar-refractivity contribution in [2.75, 3.05) is 17.7 Å². The second kappa shape index (κ2) is 13.5. The van der Waals surface area contributed by atoms with Crippen molar-refractivity contribution in [3.8, 4) is 5.75 Å². The Balaban J connectivity index is 1.24. The first-order valence-corrected chi connectivity index (χ1v) is 15.4. The van der Waals surface area contributed by atoms with E-state index in [1.54, 1.807) is 55.7 Å². The molecule has 42 heavy (non-hydrogen) atoms. The lowest BCUT2D eigenvalue weighted by molar-refractivity contribution is -0.115. The van der Waals surface area contributed by atoms with Gasteiger partial charge in [0.05, 0.1) is 22.6 Å². The summed E-state index contributed by atoms with van der Waals surface area (Å²) in [5.41, 5.74) is 1.88. The Labute approximate surface area is 254 Å².